The molecule has 0 unspecified atom stereocenters. The highest BCUT2D eigenvalue weighted by atomic mass is 16.6. The van der Waals surface area contributed by atoms with Crippen LogP contribution in [0.2, 0.25) is 0 Å². The fourth-order valence-electron chi connectivity index (χ4n) is 2.91. The molecule has 4 atom stereocenters. The van der Waals surface area contributed by atoms with Gasteiger partial charge in [0.15, 0.2) is 0 Å². The molecule has 3 rings (SSSR count). The van der Waals surface area contributed by atoms with Gasteiger partial charge in [-0.25, -0.2) is 9.59 Å². The molecule has 2 heterocycles. The van der Waals surface area contributed by atoms with Crippen molar-refractivity contribution < 1.29 is 24.5 Å². The number of aromatic nitrogens is 2. The number of aliphatic hydroxyl groups is 2. The number of hydrogen-bond acceptors (Lipinski definition) is 9. The number of carbonyl (C=O) groups is 1. The summed E-state index contributed by atoms with van der Waals surface area (Å²) >= 11 is 0. The average Bonchev–Trinajstić information content (AvgIpc) is 2.92. The fraction of sp³-hybridized carbons (Fsp3) is 0.353. The standard InChI is InChI=1S/C17H18N6O6/c1-9-2-4-10(5-3-9)15(26)28-8-11-13(24)14(25)17(29-11,21-22-19)23-7-6-12(18)20-16(23)27/h2-7,11,13-14,24-25H,8H2,1H3,(H2,18,20,27)/t11-,13-,14-,17-/m1/s1. The monoisotopic (exact) mass is 402 g/mol. The van der Waals surface area contributed by atoms with Crippen LogP contribution in [-0.2, 0) is 15.3 Å². The quantitative estimate of drug-likeness (QED) is 0.270. The molecule has 1 aromatic carbocycles. The molecule has 152 valence electrons. The maximum atomic E-state index is 12.2. The van der Waals surface area contributed by atoms with Crippen molar-refractivity contribution in [3.05, 3.63) is 68.6 Å². The third kappa shape index (κ3) is 3.77. The van der Waals surface area contributed by atoms with Crippen molar-refractivity contribution >= 4 is 11.8 Å². The molecule has 0 bridgehead atoms. The Kier molecular flexibility index (Phi) is 5.52. The number of esters is 1. The van der Waals surface area contributed by atoms with Crippen LogP contribution in [0.4, 0.5) is 5.82 Å². The van der Waals surface area contributed by atoms with Crippen LogP contribution < -0.4 is 11.4 Å². The predicted molar refractivity (Wildman–Crippen MR) is 98.4 cm³/mol. The van der Waals surface area contributed by atoms with E-state index in [0.717, 1.165) is 11.8 Å². The molecule has 1 aliphatic heterocycles. The van der Waals surface area contributed by atoms with Crippen LogP contribution in [0.15, 0.2) is 46.4 Å². The van der Waals surface area contributed by atoms with Crippen molar-refractivity contribution in [1.29, 1.82) is 0 Å². The smallest absolute Gasteiger partial charge is 0.352 e. The summed E-state index contributed by atoms with van der Waals surface area (Å²) in [4.78, 5) is 30.4. The molecule has 0 spiro atoms. The van der Waals surface area contributed by atoms with E-state index in [0.29, 0.717) is 4.57 Å². The number of nitrogens with two attached hydrogens (primary N) is 1. The summed E-state index contributed by atoms with van der Waals surface area (Å²) in [6, 6.07) is 7.83. The van der Waals surface area contributed by atoms with E-state index in [4.69, 9.17) is 20.7 Å². The highest BCUT2D eigenvalue weighted by Gasteiger charge is 2.56. The topological polar surface area (TPSA) is 186 Å². The van der Waals surface area contributed by atoms with E-state index in [1.165, 1.54) is 6.07 Å². The summed E-state index contributed by atoms with van der Waals surface area (Å²) < 4.78 is 11.4. The van der Waals surface area contributed by atoms with Gasteiger partial charge >= 0.3 is 11.7 Å². The lowest BCUT2D eigenvalue weighted by Crippen LogP contribution is -2.49. The van der Waals surface area contributed by atoms with Gasteiger partial charge in [0.25, 0.3) is 5.85 Å². The van der Waals surface area contributed by atoms with Gasteiger partial charge in [0, 0.05) is 11.1 Å². The van der Waals surface area contributed by atoms with Gasteiger partial charge in [0.1, 0.15) is 30.7 Å². The van der Waals surface area contributed by atoms with Gasteiger partial charge in [0.05, 0.1) is 5.56 Å². The molecule has 12 heteroatoms. The van der Waals surface area contributed by atoms with E-state index in [-0.39, 0.29) is 11.4 Å². The number of carbonyl (C=O) groups excluding carboxylic acids is 1. The summed E-state index contributed by atoms with van der Waals surface area (Å²) in [7, 11) is 0. The maximum Gasteiger partial charge on any atom is 0.352 e. The lowest BCUT2D eigenvalue weighted by atomic mass is 10.1. The second kappa shape index (κ2) is 7.89. The molecule has 2 aromatic rings. The zero-order valence-electron chi connectivity index (χ0n) is 15.2. The SMILES string of the molecule is Cc1ccc(C(=O)OC[C@H]2O[C@](N=[N+]=[N-])(n3ccc(N)nc3=O)[C@H](O)[C@@H]2O)cc1. The van der Waals surface area contributed by atoms with Gasteiger partial charge < -0.3 is 25.4 Å². The number of aryl methyl sites for hydroxylation is 1. The zero-order chi connectivity index (χ0) is 21.2. The Morgan fingerprint density at radius 3 is 2.72 bits per heavy atom. The van der Waals surface area contributed by atoms with Crippen LogP contribution in [0, 0.1) is 6.92 Å². The molecule has 0 amide bonds. The van der Waals surface area contributed by atoms with Gasteiger partial charge in [-0.3, -0.25) is 4.57 Å². The number of benzene rings is 1. The first kappa shape index (κ1) is 20.3. The van der Waals surface area contributed by atoms with Crippen LogP contribution in [-0.4, -0.2) is 50.7 Å². The number of nitrogens with zero attached hydrogens (tertiary/aromatic N) is 5. The summed E-state index contributed by atoms with van der Waals surface area (Å²) in [6.07, 6.45) is -3.65. The first-order valence-electron chi connectivity index (χ1n) is 8.48. The van der Waals surface area contributed by atoms with Crippen molar-refractivity contribution in [2.24, 2.45) is 5.11 Å². The number of hydrogen-bond donors (Lipinski definition) is 3. The van der Waals surface area contributed by atoms with Crippen LogP contribution in [0.25, 0.3) is 10.4 Å². The van der Waals surface area contributed by atoms with Gasteiger partial charge in [-0.15, -0.1) is 0 Å². The van der Waals surface area contributed by atoms with Crippen molar-refractivity contribution in [2.45, 2.75) is 31.1 Å². The first-order valence-corrected chi connectivity index (χ1v) is 8.48. The summed E-state index contributed by atoms with van der Waals surface area (Å²) in [5, 5.41) is 24.2. The second-order valence-corrected chi connectivity index (χ2v) is 6.41. The molecule has 1 aliphatic rings. The molecule has 4 N–H and O–H groups in total. The lowest BCUT2D eigenvalue weighted by molar-refractivity contribution is -0.146. The van der Waals surface area contributed by atoms with E-state index in [9.17, 15) is 19.8 Å². The van der Waals surface area contributed by atoms with Crippen LogP contribution in [0.5, 0.6) is 0 Å². The van der Waals surface area contributed by atoms with E-state index in [2.05, 4.69) is 15.0 Å². The Morgan fingerprint density at radius 2 is 2.10 bits per heavy atom. The van der Waals surface area contributed by atoms with Crippen LogP contribution >= 0.6 is 0 Å². The van der Waals surface area contributed by atoms with E-state index in [1.54, 1.807) is 24.3 Å². The lowest BCUT2D eigenvalue weighted by Gasteiger charge is -2.28. The van der Waals surface area contributed by atoms with Gasteiger partial charge in [0.2, 0.25) is 0 Å². The van der Waals surface area contributed by atoms with Crippen LogP contribution in [0.1, 0.15) is 15.9 Å². The Morgan fingerprint density at radius 1 is 1.41 bits per heavy atom. The van der Waals surface area contributed by atoms with Gasteiger partial charge in [-0.05, 0) is 35.8 Å². The molecule has 1 saturated heterocycles. The van der Waals surface area contributed by atoms with Gasteiger partial charge in [-0.2, -0.15) is 4.98 Å². The van der Waals surface area contributed by atoms with Crippen molar-refractivity contribution in [3.63, 3.8) is 0 Å². The summed E-state index contributed by atoms with van der Waals surface area (Å²) in [5.74, 6) is -3.10. The fourth-order valence-corrected chi connectivity index (χ4v) is 2.91. The average molecular weight is 402 g/mol. The highest BCUT2D eigenvalue weighted by Crippen LogP contribution is 2.36. The molecular weight excluding hydrogens is 384 g/mol. The van der Waals surface area contributed by atoms with E-state index >= 15 is 0 Å². The van der Waals surface area contributed by atoms with Gasteiger partial charge in [-0.1, -0.05) is 17.7 Å². The predicted octanol–water partition coefficient (Wildman–Crippen LogP) is 0.0321. The number of ether oxygens (including phenoxy) is 2. The van der Waals surface area contributed by atoms with Crippen molar-refractivity contribution in [3.8, 4) is 0 Å². The first-order chi connectivity index (χ1) is 13.8. The van der Waals surface area contributed by atoms with Crippen molar-refractivity contribution in [2.75, 3.05) is 12.3 Å². The minimum absolute atomic E-state index is 0.0982. The third-order valence-corrected chi connectivity index (χ3v) is 4.44. The number of rotatable bonds is 5. The third-order valence-electron chi connectivity index (χ3n) is 4.44. The Bertz CT molecular complexity index is 1020. The van der Waals surface area contributed by atoms with Crippen LogP contribution in [0.3, 0.4) is 0 Å². The summed E-state index contributed by atoms with van der Waals surface area (Å²) in [5.41, 5.74) is 14.6. The zero-order valence-corrected chi connectivity index (χ0v) is 15.2. The Balaban J connectivity index is 1.83. The molecule has 12 nitrogen and oxygen atoms in total. The molecule has 0 saturated carbocycles. The molecule has 0 radical (unpaired) electrons. The number of aliphatic hydroxyl groups excluding tert-OH is 2. The molecular formula is C17H18N6O6. The number of nitrogen functional groups attached to an aromatic ring is 1. The van der Waals surface area contributed by atoms with Crippen molar-refractivity contribution in [1.82, 2.24) is 9.55 Å². The minimum atomic E-state index is -2.33. The molecule has 29 heavy (non-hydrogen) atoms. The highest BCUT2D eigenvalue weighted by molar-refractivity contribution is 5.89. The Hall–Kier alpha value is -3.44. The maximum absolute atomic E-state index is 12.2. The largest absolute Gasteiger partial charge is 0.459 e. The minimum Gasteiger partial charge on any atom is -0.459 e. The van der Waals surface area contributed by atoms with E-state index < -0.39 is 42.4 Å². The summed E-state index contributed by atoms with van der Waals surface area (Å²) in [6.45, 7) is 1.40. The molecule has 0 aliphatic carbocycles. The normalized spacial score (nSPS) is 26.0. The second-order valence-electron chi connectivity index (χ2n) is 6.41. The number of azide groups is 1. The number of anilines is 1. The van der Waals surface area contributed by atoms with E-state index in [1.807, 2.05) is 6.92 Å². The Labute approximate surface area is 163 Å². The molecule has 1 aromatic heterocycles. The molecule has 1 fully saturated rings.